The highest BCUT2D eigenvalue weighted by atomic mass is 35.5. The van der Waals surface area contributed by atoms with Crippen LogP contribution in [0.15, 0.2) is 83.3 Å². The van der Waals surface area contributed by atoms with Crippen molar-refractivity contribution in [1.29, 1.82) is 5.26 Å². The molecule has 2 N–H and O–H groups in total. The Morgan fingerprint density at radius 3 is 2.51 bits per heavy atom. The zero-order valence-electron chi connectivity index (χ0n) is 24.6. The van der Waals surface area contributed by atoms with Crippen LogP contribution in [0, 0.1) is 40.7 Å². The molecule has 3 aromatic rings. The highest BCUT2D eigenvalue weighted by molar-refractivity contribution is 7.97. The lowest BCUT2D eigenvalue weighted by atomic mass is 9.68. The van der Waals surface area contributed by atoms with Crippen molar-refractivity contribution in [2.75, 3.05) is 4.90 Å². The van der Waals surface area contributed by atoms with Crippen LogP contribution in [0.4, 0.5) is 11.4 Å². The number of allylic oxidation sites excluding steroid dienone is 3. The maximum atomic E-state index is 14.0. The monoisotopic (exact) mass is 612 g/mol. The highest BCUT2D eigenvalue weighted by Gasteiger charge is 2.45. The Labute approximate surface area is 261 Å². The SMILES string of the molecule is Cc1cc(CSCc2ccccc2)c(C)c(C2C(C#N)=C(N)N(c3ccc(Cl)c([N+](=O)[O-])c3)C3=C2C(=O)CC(C)(C)C3)c1. The first kappa shape index (κ1) is 30.4. The van der Waals surface area contributed by atoms with Crippen molar-refractivity contribution in [2.45, 2.75) is 58.0 Å². The Hall–Kier alpha value is -4.06. The molecular formula is C34H33ClN4O3S. The summed E-state index contributed by atoms with van der Waals surface area (Å²) < 4.78 is 0. The molecule has 1 unspecified atom stereocenters. The Morgan fingerprint density at radius 2 is 1.84 bits per heavy atom. The summed E-state index contributed by atoms with van der Waals surface area (Å²) in [4.78, 5) is 26.8. The summed E-state index contributed by atoms with van der Waals surface area (Å²) in [5, 5.41) is 22.3. The van der Waals surface area contributed by atoms with Gasteiger partial charge in [-0.3, -0.25) is 19.8 Å². The summed E-state index contributed by atoms with van der Waals surface area (Å²) >= 11 is 7.94. The largest absolute Gasteiger partial charge is 0.384 e. The number of hydrogen-bond donors (Lipinski definition) is 1. The maximum absolute atomic E-state index is 14.0. The fourth-order valence-electron chi connectivity index (χ4n) is 6.16. The van der Waals surface area contributed by atoms with Crippen LogP contribution >= 0.6 is 23.4 Å². The van der Waals surface area contributed by atoms with E-state index in [0.717, 1.165) is 33.8 Å². The molecule has 0 fully saturated rings. The zero-order chi connectivity index (χ0) is 31.1. The third-order valence-electron chi connectivity index (χ3n) is 8.15. The third-order valence-corrected chi connectivity index (χ3v) is 9.52. The number of nitro benzene ring substituents is 1. The number of carbonyl (C=O) groups excluding carboxylic acids is 1. The number of nitro groups is 1. The van der Waals surface area contributed by atoms with Crippen LogP contribution in [0.2, 0.25) is 5.02 Å². The molecule has 5 rings (SSSR count). The number of carbonyl (C=O) groups is 1. The molecule has 0 amide bonds. The van der Waals surface area contributed by atoms with Gasteiger partial charge in [-0.05, 0) is 60.1 Å². The number of nitriles is 1. The normalized spacial score (nSPS) is 18.0. The molecule has 7 nitrogen and oxygen atoms in total. The number of Topliss-reactive ketones (excluding diaryl/α,β-unsaturated/α-hetero) is 1. The second kappa shape index (κ2) is 11.9. The summed E-state index contributed by atoms with van der Waals surface area (Å²) in [6, 6.07) is 21.3. The summed E-state index contributed by atoms with van der Waals surface area (Å²) in [7, 11) is 0. The van der Waals surface area contributed by atoms with E-state index in [1.54, 1.807) is 11.0 Å². The van der Waals surface area contributed by atoms with E-state index >= 15 is 0 Å². The van der Waals surface area contributed by atoms with E-state index in [-0.39, 0.29) is 33.3 Å². The smallest absolute Gasteiger partial charge is 0.289 e. The van der Waals surface area contributed by atoms with Crippen LogP contribution in [-0.2, 0) is 16.3 Å². The zero-order valence-corrected chi connectivity index (χ0v) is 26.2. The molecule has 43 heavy (non-hydrogen) atoms. The van der Waals surface area contributed by atoms with Crippen LogP contribution in [0.3, 0.4) is 0 Å². The molecule has 1 heterocycles. The average molecular weight is 613 g/mol. The van der Waals surface area contributed by atoms with E-state index in [0.29, 0.717) is 29.8 Å². The first-order valence-electron chi connectivity index (χ1n) is 14.0. The van der Waals surface area contributed by atoms with E-state index in [4.69, 9.17) is 17.3 Å². The standard InChI is InChI=1S/C34H33ClN4O3S/c1-20-12-23(19-43-18-22-8-6-5-7-9-22)21(2)25(13-20)31-26(17-36)33(37)38(24-10-11-27(35)28(14-24)39(41)42)29-15-34(3,4)16-30(40)32(29)31/h5-14,31H,15-16,18-19,37H2,1-4H3. The third kappa shape index (κ3) is 5.93. The van der Waals surface area contributed by atoms with Gasteiger partial charge in [-0.1, -0.05) is 73.5 Å². The van der Waals surface area contributed by atoms with E-state index in [1.165, 1.54) is 17.7 Å². The summed E-state index contributed by atoms with van der Waals surface area (Å²) in [5.74, 6) is 1.12. The van der Waals surface area contributed by atoms with Gasteiger partial charge in [-0.15, -0.1) is 0 Å². The van der Waals surface area contributed by atoms with Crippen molar-refractivity contribution < 1.29 is 9.72 Å². The first-order chi connectivity index (χ1) is 20.4. The van der Waals surface area contributed by atoms with Gasteiger partial charge in [0.25, 0.3) is 5.69 Å². The van der Waals surface area contributed by atoms with Gasteiger partial charge < -0.3 is 5.73 Å². The van der Waals surface area contributed by atoms with Crippen molar-refractivity contribution in [1.82, 2.24) is 0 Å². The molecule has 0 radical (unpaired) electrons. The summed E-state index contributed by atoms with van der Waals surface area (Å²) in [6.07, 6.45) is 0.825. The van der Waals surface area contributed by atoms with Gasteiger partial charge >= 0.3 is 0 Å². The van der Waals surface area contributed by atoms with Gasteiger partial charge in [0.2, 0.25) is 0 Å². The second-order valence-corrected chi connectivity index (χ2v) is 13.4. The predicted octanol–water partition coefficient (Wildman–Crippen LogP) is 8.24. The molecule has 1 aliphatic heterocycles. The molecule has 220 valence electrons. The van der Waals surface area contributed by atoms with Crippen LogP contribution in [0.5, 0.6) is 0 Å². The lowest BCUT2D eigenvalue weighted by Crippen LogP contribution is -2.42. The molecule has 3 aromatic carbocycles. The molecule has 9 heteroatoms. The number of aryl methyl sites for hydroxylation is 1. The van der Waals surface area contributed by atoms with Crippen LogP contribution in [-0.4, -0.2) is 10.7 Å². The number of benzene rings is 3. The molecule has 2 aliphatic rings. The van der Waals surface area contributed by atoms with Gasteiger partial charge in [0.1, 0.15) is 10.8 Å². The Balaban J connectivity index is 1.65. The number of ketones is 1. The fraction of sp³-hybridized carbons (Fsp3) is 0.294. The van der Waals surface area contributed by atoms with Gasteiger partial charge in [-0.25, -0.2) is 0 Å². The van der Waals surface area contributed by atoms with E-state index < -0.39 is 10.8 Å². The second-order valence-electron chi connectivity index (χ2n) is 12.0. The number of halogens is 1. The average Bonchev–Trinajstić information content (AvgIpc) is 2.94. The van der Waals surface area contributed by atoms with Gasteiger partial charge in [-0.2, -0.15) is 17.0 Å². The molecule has 0 saturated heterocycles. The minimum Gasteiger partial charge on any atom is -0.384 e. The van der Waals surface area contributed by atoms with Crippen molar-refractivity contribution in [2.24, 2.45) is 11.1 Å². The predicted molar refractivity (Wildman–Crippen MR) is 173 cm³/mol. The van der Waals surface area contributed by atoms with Gasteiger partial charge in [0.15, 0.2) is 5.78 Å². The number of nitrogens with zero attached hydrogens (tertiary/aromatic N) is 3. The quantitative estimate of drug-likeness (QED) is 0.211. The molecular weight excluding hydrogens is 580 g/mol. The minimum atomic E-state index is -0.639. The van der Waals surface area contributed by atoms with E-state index in [2.05, 4.69) is 30.3 Å². The van der Waals surface area contributed by atoms with Crippen molar-refractivity contribution in [3.8, 4) is 6.07 Å². The molecule has 0 saturated carbocycles. The topological polar surface area (TPSA) is 113 Å². The number of hydrogen-bond acceptors (Lipinski definition) is 7. The van der Waals surface area contributed by atoms with Gasteiger partial charge in [0.05, 0.1) is 28.2 Å². The lowest BCUT2D eigenvalue weighted by Gasteiger charge is -2.44. The molecule has 0 aromatic heterocycles. The first-order valence-corrected chi connectivity index (χ1v) is 15.6. The summed E-state index contributed by atoms with van der Waals surface area (Å²) in [6.45, 7) is 8.11. The van der Waals surface area contributed by atoms with Crippen LogP contribution < -0.4 is 10.6 Å². The van der Waals surface area contributed by atoms with Crippen LogP contribution in [0.1, 0.15) is 60.4 Å². The Morgan fingerprint density at radius 1 is 1.12 bits per heavy atom. The highest BCUT2D eigenvalue weighted by Crippen LogP contribution is 2.51. The van der Waals surface area contributed by atoms with Crippen molar-refractivity contribution in [3.05, 3.63) is 126 Å². The fourth-order valence-corrected chi connectivity index (χ4v) is 7.40. The van der Waals surface area contributed by atoms with Crippen molar-refractivity contribution >= 4 is 40.5 Å². The molecule has 0 spiro atoms. The Bertz CT molecular complexity index is 1740. The van der Waals surface area contributed by atoms with Gasteiger partial charge in [0, 0.05) is 35.3 Å². The number of anilines is 1. The summed E-state index contributed by atoms with van der Waals surface area (Å²) in [5.41, 5.74) is 13.3. The minimum absolute atomic E-state index is 0.00556. The molecule has 1 aliphatic carbocycles. The number of rotatable bonds is 7. The maximum Gasteiger partial charge on any atom is 0.289 e. The van der Waals surface area contributed by atoms with E-state index in [9.17, 15) is 20.2 Å². The van der Waals surface area contributed by atoms with Crippen molar-refractivity contribution in [3.63, 3.8) is 0 Å². The Kier molecular flexibility index (Phi) is 8.42. The molecule has 1 atom stereocenters. The lowest BCUT2D eigenvalue weighted by molar-refractivity contribution is -0.384. The van der Waals surface area contributed by atoms with Crippen LogP contribution in [0.25, 0.3) is 0 Å². The van der Waals surface area contributed by atoms with E-state index in [1.807, 2.05) is 57.7 Å². The molecule has 0 bridgehead atoms. The number of thioether (sulfide) groups is 1. The number of nitrogens with two attached hydrogens (primary N) is 1.